The maximum absolute atomic E-state index is 12.6. The minimum Gasteiger partial charge on any atom is -0.493 e. The third kappa shape index (κ3) is 4.12. The molecule has 4 rings (SSSR count). The van der Waals surface area contributed by atoms with Crippen molar-refractivity contribution in [1.29, 1.82) is 0 Å². The van der Waals surface area contributed by atoms with Crippen molar-refractivity contribution >= 4 is 17.7 Å². The van der Waals surface area contributed by atoms with Gasteiger partial charge in [0.2, 0.25) is 18.4 Å². The van der Waals surface area contributed by atoms with E-state index in [0.717, 1.165) is 57.1 Å². The van der Waals surface area contributed by atoms with Gasteiger partial charge in [0, 0.05) is 38.4 Å². The Morgan fingerprint density at radius 2 is 2.07 bits per heavy atom. The number of rotatable bonds is 6. The summed E-state index contributed by atoms with van der Waals surface area (Å²) in [6.45, 7) is 5.52. The van der Waals surface area contributed by atoms with Crippen molar-refractivity contribution in [2.45, 2.75) is 18.2 Å². The van der Waals surface area contributed by atoms with Gasteiger partial charge in [-0.15, -0.1) is 11.8 Å². The Balaban J connectivity index is 1.47. The van der Waals surface area contributed by atoms with Crippen molar-refractivity contribution in [1.82, 2.24) is 9.80 Å². The number of nitrogens with zero attached hydrogens (tertiary/aromatic N) is 2. The van der Waals surface area contributed by atoms with Gasteiger partial charge in [-0.05, 0) is 24.1 Å². The molecule has 1 atom stereocenters. The van der Waals surface area contributed by atoms with Gasteiger partial charge in [-0.3, -0.25) is 9.69 Å². The Morgan fingerprint density at radius 3 is 2.89 bits per heavy atom. The van der Waals surface area contributed by atoms with E-state index in [1.54, 1.807) is 18.9 Å². The molecule has 0 saturated carbocycles. The van der Waals surface area contributed by atoms with Crippen molar-refractivity contribution in [3.05, 3.63) is 17.7 Å². The quantitative estimate of drug-likeness (QED) is 0.732. The molecule has 2 saturated heterocycles. The minimum absolute atomic E-state index is 0.0145. The van der Waals surface area contributed by atoms with Gasteiger partial charge < -0.3 is 23.8 Å². The van der Waals surface area contributed by atoms with Crippen LogP contribution in [-0.4, -0.2) is 74.8 Å². The maximum Gasteiger partial charge on any atom is 0.231 e. The number of thioether (sulfide) groups is 1. The molecule has 148 valence electrons. The van der Waals surface area contributed by atoms with E-state index in [4.69, 9.17) is 18.9 Å². The van der Waals surface area contributed by atoms with E-state index in [1.807, 2.05) is 17.0 Å². The highest BCUT2D eigenvalue weighted by atomic mass is 32.2. The molecule has 0 bridgehead atoms. The standard InChI is InChI=1S/C19H26N2O5S/c1-23-15-11-14(12-16-18(15)26-13-25-16)19-21(17(22)3-10-27-19)5-2-4-20-6-8-24-9-7-20/h11-12,19H,2-10,13H2,1H3. The smallest absolute Gasteiger partial charge is 0.231 e. The molecule has 0 spiro atoms. The fourth-order valence-corrected chi connectivity index (χ4v) is 4.97. The van der Waals surface area contributed by atoms with Gasteiger partial charge in [0.1, 0.15) is 5.37 Å². The Hall–Kier alpha value is -1.64. The van der Waals surface area contributed by atoms with E-state index in [-0.39, 0.29) is 18.1 Å². The summed E-state index contributed by atoms with van der Waals surface area (Å²) in [6, 6.07) is 3.95. The topological polar surface area (TPSA) is 60.5 Å². The van der Waals surface area contributed by atoms with Crippen LogP contribution in [0.4, 0.5) is 0 Å². The largest absolute Gasteiger partial charge is 0.493 e. The fourth-order valence-electron chi connectivity index (χ4n) is 3.72. The van der Waals surface area contributed by atoms with E-state index >= 15 is 0 Å². The minimum atomic E-state index is -0.0145. The number of hydrogen-bond acceptors (Lipinski definition) is 7. The van der Waals surface area contributed by atoms with Crippen molar-refractivity contribution < 1.29 is 23.7 Å². The first-order valence-corrected chi connectivity index (χ1v) is 10.5. The molecule has 0 aliphatic carbocycles. The highest BCUT2D eigenvalue weighted by molar-refractivity contribution is 7.99. The summed E-state index contributed by atoms with van der Waals surface area (Å²) < 4.78 is 21.9. The number of carbonyl (C=O) groups excluding carboxylic acids is 1. The monoisotopic (exact) mass is 394 g/mol. The number of benzene rings is 1. The summed E-state index contributed by atoms with van der Waals surface area (Å²) in [6.07, 6.45) is 1.56. The van der Waals surface area contributed by atoms with Crippen molar-refractivity contribution in [2.24, 2.45) is 0 Å². The van der Waals surface area contributed by atoms with Gasteiger partial charge in [0.25, 0.3) is 0 Å². The lowest BCUT2D eigenvalue weighted by atomic mass is 10.1. The average molecular weight is 394 g/mol. The Labute approximate surface area is 163 Å². The van der Waals surface area contributed by atoms with Gasteiger partial charge in [0.05, 0.1) is 20.3 Å². The Morgan fingerprint density at radius 1 is 1.22 bits per heavy atom. The van der Waals surface area contributed by atoms with Crippen LogP contribution in [0.5, 0.6) is 17.2 Å². The summed E-state index contributed by atoms with van der Waals surface area (Å²) in [5.74, 6) is 3.05. The van der Waals surface area contributed by atoms with Gasteiger partial charge in [-0.1, -0.05) is 0 Å². The predicted molar refractivity (Wildman–Crippen MR) is 103 cm³/mol. The first-order chi connectivity index (χ1) is 13.3. The molecule has 8 heteroatoms. The number of methoxy groups -OCH3 is 1. The molecular weight excluding hydrogens is 368 g/mol. The van der Waals surface area contributed by atoms with Crippen LogP contribution in [-0.2, 0) is 9.53 Å². The van der Waals surface area contributed by atoms with Crippen LogP contribution in [0.15, 0.2) is 12.1 Å². The van der Waals surface area contributed by atoms with Crippen LogP contribution < -0.4 is 14.2 Å². The number of fused-ring (bicyclic) bond motifs is 1. The van der Waals surface area contributed by atoms with Crippen molar-refractivity contribution in [3.63, 3.8) is 0 Å². The number of morpholine rings is 1. The van der Waals surface area contributed by atoms with E-state index in [9.17, 15) is 4.79 Å². The predicted octanol–water partition coefficient (Wildman–Crippen LogP) is 2.11. The van der Waals surface area contributed by atoms with E-state index in [0.29, 0.717) is 23.7 Å². The average Bonchev–Trinajstić information content (AvgIpc) is 3.18. The van der Waals surface area contributed by atoms with Gasteiger partial charge >= 0.3 is 0 Å². The second-order valence-electron chi connectivity index (χ2n) is 6.82. The molecule has 0 radical (unpaired) electrons. The van der Waals surface area contributed by atoms with Crippen LogP contribution in [0.3, 0.4) is 0 Å². The maximum atomic E-state index is 12.6. The van der Waals surface area contributed by atoms with E-state index in [2.05, 4.69) is 4.90 Å². The molecule has 0 aromatic heterocycles. The van der Waals surface area contributed by atoms with Gasteiger partial charge in [-0.25, -0.2) is 0 Å². The summed E-state index contributed by atoms with van der Waals surface area (Å²) in [5.41, 5.74) is 1.03. The van der Waals surface area contributed by atoms with Gasteiger partial charge in [0.15, 0.2) is 11.5 Å². The second kappa shape index (κ2) is 8.58. The van der Waals surface area contributed by atoms with E-state index < -0.39 is 0 Å². The molecule has 0 N–H and O–H groups in total. The van der Waals surface area contributed by atoms with Crippen LogP contribution in [0.25, 0.3) is 0 Å². The number of amides is 1. The number of ether oxygens (including phenoxy) is 4. The third-order valence-electron chi connectivity index (χ3n) is 5.14. The van der Waals surface area contributed by atoms with Crippen molar-refractivity contribution in [2.75, 3.05) is 59.0 Å². The molecule has 3 aliphatic rings. The normalized spacial score (nSPS) is 22.9. The van der Waals surface area contributed by atoms with Crippen molar-refractivity contribution in [3.8, 4) is 17.2 Å². The molecule has 3 aliphatic heterocycles. The molecule has 2 fully saturated rings. The Kier molecular flexibility index (Phi) is 5.95. The van der Waals surface area contributed by atoms with E-state index in [1.165, 1.54) is 0 Å². The molecule has 27 heavy (non-hydrogen) atoms. The number of hydrogen-bond donors (Lipinski definition) is 0. The first-order valence-electron chi connectivity index (χ1n) is 9.45. The summed E-state index contributed by atoms with van der Waals surface area (Å²) in [7, 11) is 1.63. The summed E-state index contributed by atoms with van der Waals surface area (Å²) in [4.78, 5) is 17.1. The molecule has 1 aromatic rings. The molecule has 1 amide bonds. The van der Waals surface area contributed by atoms with Crippen LogP contribution >= 0.6 is 11.8 Å². The highest BCUT2D eigenvalue weighted by Crippen LogP contribution is 2.46. The lowest BCUT2D eigenvalue weighted by Gasteiger charge is -2.36. The molecule has 3 heterocycles. The first kappa shape index (κ1) is 18.7. The van der Waals surface area contributed by atoms with Crippen LogP contribution in [0.2, 0.25) is 0 Å². The Bertz CT molecular complexity index is 680. The number of carbonyl (C=O) groups is 1. The summed E-state index contributed by atoms with van der Waals surface area (Å²) in [5, 5.41) is -0.0145. The zero-order valence-electron chi connectivity index (χ0n) is 15.6. The van der Waals surface area contributed by atoms with Gasteiger partial charge in [-0.2, -0.15) is 0 Å². The lowest BCUT2D eigenvalue weighted by molar-refractivity contribution is -0.132. The molecule has 1 aromatic carbocycles. The van der Waals surface area contributed by atoms with Crippen LogP contribution in [0.1, 0.15) is 23.8 Å². The molecular formula is C19H26N2O5S. The van der Waals surface area contributed by atoms with Crippen LogP contribution in [0, 0.1) is 0 Å². The molecule has 7 nitrogen and oxygen atoms in total. The highest BCUT2D eigenvalue weighted by Gasteiger charge is 2.32. The second-order valence-corrected chi connectivity index (χ2v) is 8.01. The fraction of sp³-hybridized carbons (Fsp3) is 0.632. The third-order valence-corrected chi connectivity index (χ3v) is 6.42. The molecule has 1 unspecified atom stereocenters. The summed E-state index contributed by atoms with van der Waals surface area (Å²) >= 11 is 1.80. The zero-order valence-corrected chi connectivity index (χ0v) is 16.5. The zero-order chi connectivity index (χ0) is 18.6. The lowest BCUT2D eigenvalue weighted by Crippen LogP contribution is -2.41. The SMILES string of the molecule is COc1cc(C2SCCC(=O)N2CCCN2CCOCC2)cc2c1OCO2.